The Morgan fingerprint density at radius 2 is 1.95 bits per heavy atom. The Labute approximate surface area is 138 Å². The Balaban J connectivity index is 2.10. The number of nitrogens with zero attached hydrogens (tertiary/aromatic N) is 1. The summed E-state index contributed by atoms with van der Waals surface area (Å²) in [6.07, 6.45) is 4.58. The molecule has 1 aromatic rings. The highest BCUT2D eigenvalue weighted by atomic mass is 35.5. The van der Waals surface area contributed by atoms with E-state index in [-0.39, 0.29) is 5.92 Å². The zero-order valence-corrected chi connectivity index (χ0v) is 14.7. The van der Waals surface area contributed by atoms with Crippen molar-refractivity contribution in [2.24, 2.45) is 17.3 Å². The second kappa shape index (κ2) is 7.07. The highest BCUT2D eigenvalue weighted by molar-refractivity contribution is 8.00. The molecule has 0 radical (unpaired) electrons. The minimum atomic E-state index is 0.176. The first-order valence-electron chi connectivity index (χ1n) is 7.78. The lowest BCUT2D eigenvalue weighted by Gasteiger charge is -2.41. The molecule has 0 heterocycles. The largest absolute Gasteiger partial charge is 0.198 e. The zero-order valence-electron chi connectivity index (χ0n) is 13.1. The number of benzene rings is 1. The van der Waals surface area contributed by atoms with Gasteiger partial charge in [-0.2, -0.15) is 5.26 Å². The number of nitriles is 1. The van der Waals surface area contributed by atoms with Crippen LogP contribution in [0.1, 0.15) is 46.5 Å². The van der Waals surface area contributed by atoms with E-state index >= 15 is 0 Å². The third-order valence-electron chi connectivity index (χ3n) is 5.08. The van der Waals surface area contributed by atoms with Crippen LogP contribution in [0.5, 0.6) is 0 Å². The smallest absolute Gasteiger partial charge is 0.0667 e. The Kier molecular flexibility index (Phi) is 5.63. The van der Waals surface area contributed by atoms with Gasteiger partial charge in [0.25, 0.3) is 0 Å². The molecule has 2 rings (SSSR count). The molecular weight excluding hydrogens is 298 g/mol. The standard InChI is InChI=1S/C18H24ClNS/c1-4-18(2,3)14-6-5-13(12-20)17(11-14)21-16-9-7-15(19)8-10-16/h7-10,13-14,17H,4-6,11H2,1-3H3. The maximum Gasteiger partial charge on any atom is 0.0667 e. The monoisotopic (exact) mass is 321 g/mol. The fraction of sp³-hybridized carbons (Fsp3) is 0.611. The van der Waals surface area contributed by atoms with Gasteiger partial charge in [0.2, 0.25) is 0 Å². The van der Waals surface area contributed by atoms with E-state index in [2.05, 4.69) is 39.0 Å². The third-order valence-corrected chi connectivity index (χ3v) is 6.70. The number of rotatable bonds is 4. The van der Waals surface area contributed by atoms with Crippen molar-refractivity contribution in [2.45, 2.75) is 56.6 Å². The van der Waals surface area contributed by atoms with Crippen LogP contribution < -0.4 is 0 Å². The maximum atomic E-state index is 9.45. The number of hydrogen-bond donors (Lipinski definition) is 0. The van der Waals surface area contributed by atoms with Gasteiger partial charge in [-0.15, -0.1) is 11.8 Å². The first-order chi connectivity index (χ1) is 9.96. The Hall–Kier alpha value is -0.650. The van der Waals surface area contributed by atoms with Crippen molar-refractivity contribution in [1.82, 2.24) is 0 Å². The van der Waals surface area contributed by atoms with Gasteiger partial charge >= 0.3 is 0 Å². The topological polar surface area (TPSA) is 23.8 Å². The van der Waals surface area contributed by atoms with Crippen LogP contribution in [0, 0.1) is 28.6 Å². The van der Waals surface area contributed by atoms with E-state index in [1.54, 1.807) is 0 Å². The summed E-state index contributed by atoms with van der Waals surface area (Å²) in [5.41, 5.74) is 0.374. The molecule has 3 unspecified atom stereocenters. The molecule has 0 amide bonds. The van der Waals surface area contributed by atoms with Crippen molar-refractivity contribution in [3.63, 3.8) is 0 Å². The van der Waals surface area contributed by atoms with E-state index < -0.39 is 0 Å². The Bertz CT molecular complexity index is 503. The van der Waals surface area contributed by atoms with Gasteiger partial charge in [0.15, 0.2) is 0 Å². The normalized spacial score (nSPS) is 26.3. The van der Waals surface area contributed by atoms with Crippen molar-refractivity contribution in [3.05, 3.63) is 29.3 Å². The van der Waals surface area contributed by atoms with Gasteiger partial charge in [-0.05, 0) is 54.9 Å². The number of thioether (sulfide) groups is 1. The van der Waals surface area contributed by atoms with Crippen LogP contribution in [0.3, 0.4) is 0 Å². The molecule has 1 aliphatic carbocycles. The van der Waals surface area contributed by atoms with Gasteiger partial charge in [0.05, 0.1) is 12.0 Å². The molecule has 1 saturated carbocycles. The predicted octanol–water partition coefficient (Wildman–Crippen LogP) is 6.18. The van der Waals surface area contributed by atoms with Crippen molar-refractivity contribution in [3.8, 4) is 6.07 Å². The van der Waals surface area contributed by atoms with Crippen molar-refractivity contribution in [2.75, 3.05) is 0 Å². The summed E-state index contributed by atoms with van der Waals surface area (Å²) >= 11 is 7.81. The minimum Gasteiger partial charge on any atom is -0.198 e. The highest BCUT2D eigenvalue weighted by Crippen LogP contribution is 2.46. The average Bonchev–Trinajstić information content (AvgIpc) is 2.49. The average molecular weight is 322 g/mol. The second-order valence-electron chi connectivity index (χ2n) is 6.70. The molecule has 0 bridgehead atoms. The molecule has 0 spiro atoms. The van der Waals surface area contributed by atoms with Gasteiger partial charge < -0.3 is 0 Å². The number of halogens is 1. The first-order valence-corrected chi connectivity index (χ1v) is 9.04. The van der Waals surface area contributed by atoms with Gasteiger partial charge in [-0.3, -0.25) is 0 Å². The third kappa shape index (κ3) is 4.18. The lowest BCUT2D eigenvalue weighted by atomic mass is 9.67. The fourth-order valence-electron chi connectivity index (χ4n) is 3.09. The summed E-state index contributed by atoms with van der Waals surface area (Å²) in [6, 6.07) is 10.5. The molecule has 1 aromatic carbocycles. The number of hydrogen-bond acceptors (Lipinski definition) is 2. The summed E-state index contributed by atoms with van der Waals surface area (Å²) < 4.78 is 0. The van der Waals surface area contributed by atoms with E-state index in [4.69, 9.17) is 11.6 Å². The molecule has 114 valence electrons. The predicted molar refractivity (Wildman–Crippen MR) is 91.6 cm³/mol. The summed E-state index contributed by atoms with van der Waals surface area (Å²) in [7, 11) is 0. The van der Waals surface area contributed by atoms with Gasteiger partial charge in [-0.25, -0.2) is 0 Å². The van der Waals surface area contributed by atoms with Crippen LogP contribution in [0.15, 0.2) is 29.2 Å². The first kappa shape index (κ1) is 16.7. The van der Waals surface area contributed by atoms with E-state index in [9.17, 15) is 5.26 Å². The molecule has 0 aromatic heterocycles. The van der Waals surface area contributed by atoms with E-state index in [1.165, 1.54) is 17.7 Å². The van der Waals surface area contributed by atoms with Crippen molar-refractivity contribution < 1.29 is 0 Å². The lowest BCUT2D eigenvalue weighted by molar-refractivity contribution is 0.144. The maximum absolute atomic E-state index is 9.45. The fourth-order valence-corrected chi connectivity index (χ4v) is 4.55. The molecule has 1 aliphatic rings. The van der Waals surface area contributed by atoms with Gasteiger partial charge in [0.1, 0.15) is 0 Å². The molecule has 21 heavy (non-hydrogen) atoms. The zero-order chi connectivity index (χ0) is 15.5. The van der Waals surface area contributed by atoms with E-state index in [1.807, 2.05) is 23.9 Å². The van der Waals surface area contributed by atoms with Crippen LogP contribution in [-0.4, -0.2) is 5.25 Å². The Morgan fingerprint density at radius 1 is 1.29 bits per heavy atom. The molecular formula is C18H24ClNS. The molecule has 1 fully saturated rings. The van der Waals surface area contributed by atoms with Crippen LogP contribution in [0.25, 0.3) is 0 Å². The van der Waals surface area contributed by atoms with Crippen molar-refractivity contribution in [1.29, 1.82) is 5.26 Å². The van der Waals surface area contributed by atoms with Gasteiger partial charge in [0, 0.05) is 15.2 Å². The van der Waals surface area contributed by atoms with Crippen LogP contribution in [0.2, 0.25) is 5.02 Å². The quantitative estimate of drug-likeness (QED) is 0.661. The molecule has 3 heteroatoms. The molecule has 0 N–H and O–H groups in total. The summed E-state index contributed by atoms with van der Waals surface area (Å²) in [5, 5.41) is 10.6. The molecule has 0 saturated heterocycles. The van der Waals surface area contributed by atoms with Gasteiger partial charge in [-0.1, -0.05) is 38.8 Å². The lowest BCUT2D eigenvalue weighted by Crippen LogP contribution is -2.34. The summed E-state index contributed by atoms with van der Waals surface area (Å²) in [4.78, 5) is 1.22. The van der Waals surface area contributed by atoms with E-state index in [0.717, 1.165) is 23.8 Å². The Morgan fingerprint density at radius 3 is 2.52 bits per heavy atom. The highest BCUT2D eigenvalue weighted by Gasteiger charge is 2.37. The summed E-state index contributed by atoms with van der Waals surface area (Å²) in [6.45, 7) is 7.01. The van der Waals surface area contributed by atoms with Crippen LogP contribution in [0.4, 0.5) is 0 Å². The molecule has 0 aliphatic heterocycles. The second-order valence-corrected chi connectivity index (χ2v) is 8.45. The van der Waals surface area contributed by atoms with E-state index in [0.29, 0.717) is 10.7 Å². The molecule has 1 nitrogen and oxygen atoms in total. The SMILES string of the molecule is CCC(C)(C)C1CCC(C#N)C(Sc2ccc(Cl)cc2)C1. The van der Waals surface area contributed by atoms with Crippen molar-refractivity contribution >= 4 is 23.4 Å². The van der Waals surface area contributed by atoms with Crippen LogP contribution >= 0.6 is 23.4 Å². The molecule has 3 atom stereocenters. The summed E-state index contributed by atoms with van der Waals surface area (Å²) in [5.74, 6) is 0.895. The minimum absolute atomic E-state index is 0.176. The van der Waals surface area contributed by atoms with Crippen LogP contribution in [-0.2, 0) is 0 Å².